The van der Waals surface area contributed by atoms with E-state index in [0.29, 0.717) is 5.92 Å². The Morgan fingerprint density at radius 3 is 2.71 bits per heavy atom. The van der Waals surface area contributed by atoms with Gasteiger partial charge in [0.05, 0.1) is 20.9 Å². The lowest BCUT2D eigenvalue weighted by Gasteiger charge is -2.32. The van der Waals surface area contributed by atoms with E-state index in [9.17, 15) is 4.79 Å². The molecule has 3 heterocycles. The maximum Gasteiger partial charge on any atom is 0.253 e. The minimum absolute atomic E-state index is 0.0952. The SMILES string of the molecule is O=C(c1ccc(-n2cccn2)cc1)N1CCCC(c2nc3ccccc3s2)C1. The van der Waals surface area contributed by atoms with E-state index in [4.69, 9.17) is 4.98 Å². The normalized spacial score (nSPS) is 17.1. The first-order chi connectivity index (χ1) is 13.8. The molecule has 1 fully saturated rings. The van der Waals surface area contributed by atoms with Crippen LogP contribution in [-0.4, -0.2) is 38.7 Å². The van der Waals surface area contributed by atoms with Crippen LogP contribution in [-0.2, 0) is 0 Å². The number of fused-ring (bicyclic) bond motifs is 1. The van der Waals surface area contributed by atoms with Crippen LogP contribution in [0.1, 0.15) is 34.1 Å². The summed E-state index contributed by atoms with van der Waals surface area (Å²) in [6.45, 7) is 1.54. The number of amides is 1. The summed E-state index contributed by atoms with van der Waals surface area (Å²) < 4.78 is 3.01. The number of aromatic nitrogens is 3. The number of carbonyl (C=O) groups excluding carboxylic acids is 1. The highest BCUT2D eigenvalue weighted by Gasteiger charge is 2.27. The van der Waals surface area contributed by atoms with E-state index in [1.54, 1.807) is 22.2 Å². The second-order valence-corrected chi connectivity index (χ2v) is 8.17. The lowest BCUT2D eigenvalue weighted by Crippen LogP contribution is -2.39. The predicted molar refractivity (Wildman–Crippen MR) is 111 cm³/mol. The molecule has 1 unspecified atom stereocenters. The van der Waals surface area contributed by atoms with E-state index in [1.165, 1.54) is 4.70 Å². The molecule has 1 atom stereocenters. The van der Waals surface area contributed by atoms with Crippen LogP contribution >= 0.6 is 11.3 Å². The van der Waals surface area contributed by atoms with Gasteiger partial charge in [-0.15, -0.1) is 11.3 Å². The summed E-state index contributed by atoms with van der Waals surface area (Å²) in [6.07, 6.45) is 5.73. The van der Waals surface area contributed by atoms with Crippen molar-refractivity contribution in [3.05, 3.63) is 77.6 Å². The van der Waals surface area contributed by atoms with Crippen molar-refractivity contribution in [3.8, 4) is 5.69 Å². The lowest BCUT2D eigenvalue weighted by molar-refractivity contribution is 0.0707. The molecule has 1 saturated heterocycles. The molecule has 1 amide bonds. The summed E-state index contributed by atoms with van der Waals surface area (Å²) in [4.78, 5) is 19.8. The van der Waals surface area contributed by atoms with Gasteiger partial charge in [0.25, 0.3) is 5.91 Å². The molecular weight excluding hydrogens is 368 g/mol. The Morgan fingerprint density at radius 1 is 1.07 bits per heavy atom. The number of rotatable bonds is 3. The zero-order valence-electron chi connectivity index (χ0n) is 15.4. The van der Waals surface area contributed by atoms with Gasteiger partial charge in [-0.2, -0.15) is 5.10 Å². The summed E-state index contributed by atoms with van der Waals surface area (Å²) in [5.74, 6) is 0.413. The van der Waals surface area contributed by atoms with Crippen LogP contribution in [0.15, 0.2) is 67.0 Å². The molecule has 28 heavy (non-hydrogen) atoms. The van der Waals surface area contributed by atoms with Crippen molar-refractivity contribution in [2.24, 2.45) is 0 Å². The van der Waals surface area contributed by atoms with Gasteiger partial charge in [0.15, 0.2) is 0 Å². The molecule has 140 valence electrons. The Balaban J connectivity index is 1.33. The Morgan fingerprint density at radius 2 is 1.93 bits per heavy atom. The van der Waals surface area contributed by atoms with Crippen molar-refractivity contribution in [1.82, 2.24) is 19.7 Å². The summed E-state index contributed by atoms with van der Waals surface area (Å²) >= 11 is 1.76. The Kier molecular flexibility index (Phi) is 4.41. The molecule has 5 rings (SSSR count). The number of para-hydroxylation sites is 1. The van der Waals surface area contributed by atoms with Crippen molar-refractivity contribution in [2.75, 3.05) is 13.1 Å². The summed E-state index contributed by atoms with van der Waals surface area (Å²) in [5, 5.41) is 5.37. The van der Waals surface area contributed by atoms with Crippen LogP contribution in [0.2, 0.25) is 0 Å². The number of thiazole rings is 1. The molecule has 0 N–H and O–H groups in total. The highest BCUT2D eigenvalue weighted by molar-refractivity contribution is 7.18. The molecule has 2 aromatic carbocycles. The molecule has 2 aromatic heterocycles. The molecule has 1 aliphatic rings. The average Bonchev–Trinajstić information content (AvgIpc) is 3.43. The highest BCUT2D eigenvalue weighted by atomic mass is 32.1. The number of likely N-dealkylation sites (tertiary alicyclic amines) is 1. The zero-order valence-corrected chi connectivity index (χ0v) is 16.2. The second kappa shape index (κ2) is 7.20. The number of hydrogen-bond acceptors (Lipinski definition) is 4. The largest absolute Gasteiger partial charge is 0.338 e. The van der Waals surface area contributed by atoms with Crippen LogP contribution in [0.3, 0.4) is 0 Å². The Hall–Kier alpha value is -2.99. The number of benzene rings is 2. The molecular formula is C22H20N4OS. The van der Waals surface area contributed by atoms with Gasteiger partial charge in [-0.25, -0.2) is 9.67 Å². The van der Waals surface area contributed by atoms with E-state index in [-0.39, 0.29) is 5.91 Å². The van der Waals surface area contributed by atoms with Crippen molar-refractivity contribution >= 4 is 27.5 Å². The van der Waals surface area contributed by atoms with Crippen LogP contribution in [0.5, 0.6) is 0 Å². The second-order valence-electron chi connectivity index (χ2n) is 7.11. The smallest absolute Gasteiger partial charge is 0.253 e. The zero-order chi connectivity index (χ0) is 18.9. The standard InChI is InChI=1S/C22H20N4OS/c27-22(16-8-10-18(11-9-16)26-14-4-12-23-26)25-13-3-5-17(15-25)21-24-19-6-1-2-7-20(19)28-21/h1-2,4,6-12,14,17H,3,5,13,15H2. The minimum atomic E-state index is 0.0952. The first-order valence-corrected chi connectivity index (χ1v) is 10.3. The first-order valence-electron chi connectivity index (χ1n) is 9.53. The maximum atomic E-state index is 13.0. The van der Waals surface area contributed by atoms with Gasteiger partial charge in [-0.1, -0.05) is 12.1 Å². The minimum Gasteiger partial charge on any atom is -0.338 e. The fourth-order valence-electron chi connectivity index (χ4n) is 3.79. The third-order valence-electron chi connectivity index (χ3n) is 5.25. The topological polar surface area (TPSA) is 51.0 Å². The quantitative estimate of drug-likeness (QED) is 0.519. The fourth-order valence-corrected chi connectivity index (χ4v) is 4.88. The van der Waals surface area contributed by atoms with Gasteiger partial charge in [0.1, 0.15) is 0 Å². The third-order valence-corrected chi connectivity index (χ3v) is 6.45. The Bertz CT molecular complexity index is 1070. The molecule has 0 saturated carbocycles. The molecule has 0 aliphatic carbocycles. The van der Waals surface area contributed by atoms with Crippen molar-refractivity contribution in [3.63, 3.8) is 0 Å². The average molecular weight is 388 g/mol. The van der Waals surface area contributed by atoms with Crippen molar-refractivity contribution in [1.29, 1.82) is 0 Å². The molecule has 0 spiro atoms. The van der Waals surface area contributed by atoms with E-state index < -0.39 is 0 Å². The monoisotopic (exact) mass is 388 g/mol. The van der Waals surface area contributed by atoms with Crippen molar-refractivity contribution < 1.29 is 4.79 Å². The van der Waals surface area contributed by atoms with Crippen LogP contribution in [0, 0.1) is 0 Å². The van der Waals surface area contributed by atoms with E-state index in [2.05, 4.69) is 17.2 Å². The summed E-state index contributed by atoms with van der Waals surface area (Å²) in [7, 11) is 0. The summed E-state index contributed by atoms with van der Waals surface area (Å²) in [5.41, 5.74) is 2.73. The van der Waals surface area contributed by atoms with Gasteiger partial charge >= 0.3 is 0 Å². The van der Waals surface area contributed by atoms with Crippen LogP contribution in [0.25, 0.3) is 15.9 Å². The third kappa shape index (κ3) is 3.20. The maximum absolute atomic E-state index is 13.0. The highest BCUT2D eigenvalue weighted by Crippen LogP contribution is 2.33. The number of piperidine rings is 1. The van der Waals surface area contributed by atoms with E-state index in [1.807, 2.05) is 53.6 Å². The molecule has 1 aliphatic heterocycles. The predicted octanol–water partition coefficient (Wildman–Crippen LogP) is 4.50. The fraction of sp³-hybridized carbons (Fsp3) is 0.227. The molecule has 0 bridgehead atoms. The first kappa shape index (κ1) is 17.1. The molecule has 0 radical (unpaired) electrons. The number of carbonyl (C=O) groups is 1. The van der Waals surface area contributed by atoms with Crippen LogP contribution in [0.4, 0.5) is 0 Å². The Labute approximate surface area is 167 Å². The van der Waals surface area contributed by atoms with E-state index in [0.717, 1.165) is 47.7 Å². The summed E-state index contributed by atoms with van der Waals surface area (Å²) in [6, 6.07) is 17.8. The van der Waals surface area contributed by atoms with E-state index >= 15 is 0 Å². The van der Waals surface area contributed by atoms with Crippen LogP contribution < -0.4 is 0 Å². The van der Waals surface area contributed by atoms with Gasteiger partial charge < -0.3 is 4.90 Å². The molecule has 6 heteroatoms. The van der Waals surface area contributed by atoms with Gasteiger partial charge in [0, 0.05) is 37.0 Å². The number of hydrogen-bond donors (Lipinski definition) is 0. The van der Waals surface area contributed by atoms with Gasteiger partial charge in [-0.3, -0.25) is 4.79 Å². The lowest BCUT2D eigenvalue weighted by atomic mass is 9.98. The van der Waals surface area contributed by atoms with Gasteiger partial charge in [0.2, 0.25) is 0 Å². The number of nitrogens with zero attached hydrogens (tertiary/aromatic N) is 4. The van der Waals surface area contributed by atoms with Gasteiger partial charge in [-0.05, 0) is 55.3 Å². The molecule has 4 aromatic rings. The molecule has 5 nitrogen and oxygen atoms in total. The van der Waals surface area contributed by atoms with Crippen molar-refractivity contribution in [2.45, 2.75) is 18.8 Å².